The monoisotopic (exact) mass is 338 g/mol. The van der Waals surface area contributed by atoms with E-state index >= 15 is 0 Å². The molecule has 2 aromatic rings. The fourth-order valence-electron chi connectivity index (χ4n) is 2.10. The van der Waals surface area contributed by atoms with Crippen molar-refractivity contribution in [1.29, 1.82) is 0 Å². The Labute approximate surface area is 135 Å². The van der Waals surface area contributed by atoms with Crippen molar-refractivity contribution in [3.8, 4) is 0 Å². The van der Waals surface area contributed by atoms with E-state index in [1.54, 1.807) is 0 Å². The molecule has 0 saturated carbocycles. The number of anilines is 2. The topological polar surface area (TPSA) is 200 Å². The average Bonchev–Trinajstić information content (AvgIpc) is 2.89. The molecule has 0 spiro atoms. The number of hydrogen-bond acceptors (Lipinski definition) is 9. The largest absolute Gasteiger partial charge is 0.480 e. The number of rotatable bonds is 7. The highest BCUT2D eigenvalue weighted by Gasteiger charge is 2.21. The Morgan fingerprint density at radius 2 is 2.04 bits per heavy atom. The van der Waals surface area contributed by atoms with E-state index in [1.807, 2.05) is 0 Å². The quantitative estimate of drug-likeness (QED) is 0.351. The summed E-state index contributed by atoms with van der Waals surface area (Å²) in [7, 11) is 0. The summed E-state index contributed by atoms with van der Waals surface area (Å²) in [6, 6.07) is -0.749. The van der Waals surface area contributed by atoms with E-state index in [-0.39, 0.29) is 42.6 Å². The van der Waals surface area contributed by atoms with Crippen LogP contribution in [0.5, 0.6) is 0 Å². The zero-order valence-corrected chi connectivity index (χ0v) is 12.7. The summed E-state index contributed by atoms with van der Waals surface area (Å²) in [5, 5.41) is 17.9. The fourth-order valence-corrected chi connectivity index (χ4v) is 2.10. The molecule has 8 N–H and O–H groups in total. The van der Waals surface area contributed by atoms with Gasteiger partial charge < -0.3 is 36.9 Å². The van der Waals surface area contributed by atoms with Gasteiger partial charge >= 0.3 is 5.97 Å². The standard InChI is InChI=1S/C12H18N8O4/c13-6(4-21)1-19(3-8(23)24)7(22)2-20-5-16-9-10(14)17-12(15)18-11(9)20/h5-6,21H,1-4,13H2,(H,23,24)(H4,14,15,17,18). The first-order valence-corrected chi connectivity index (χ1v) is 6.91. The normalized spacial score (nSPS) is 12.2. The number of carbonyl (C=O) groups excluding carboxylic acids is 1. The van der Waals surface area contributed by atoms with E-state index < -0.39 is 24.5 Å². The Hall–Kier alpha value is -2.99. The first kappa shape index (κ1) is 17.4. The number of aromatic nitrogens is 4. The van der Waals surface area contributed by atoms with Crippen LogP contribution in [0.15, 0.2) is 6.33 Å². The molecule has 2 heterocycles. The molecule has 0 saturated heterocycles. The third kappa shape index (κ3) is 3.85. The van der Waals surface area contributed by atoms with Gasteiger partial charge in [-0.1, -0.05) is 0 Å². The number of nitrogens with zero attached hydrogens (tertiary/aromatic N) is 5. The zero-order valence-electron chi connectivity index (χ0n) is 12.7. The molecule has 0 aliphatic heterocycles. The number of fused-ring (bicyclic) bond motifs is 1. The predicted molar refractivity (Wildman–Crippen MR) is 83.4 cm³/mol. The molecular weight excluding hydrogens is 320 g/mol. The van der Waals surface area contributed by atoms with Crippen LogP contribution >= 0.6 is 0 Å². The Morgan fingerprint density at radius 1 is 1.33 bits per heavy atom. The smallest absolute Gasteiger partial charge is 0.323 e. The molecule has 12 nitrogen and oxygen atoms in total. The van der Waals surface area contributed by atoms with Gasteiger partial charge in [-0.05, 0) is 0 Å². The summed E-state index contributed by atoms with van der Waals surface area (Å²) in [6.45, 7) is -1.26. The number of amides is 1. The summed E-state index contributed by atoms with van der Waals surface area (Å²) in [5.41, 5.74) is 17.3. The van der Waals surface area contributed by atoms with Crippen molar-refractivity contribution < 1.29 is 19.8 Å². The van der Waals surface area contributed by atoms with Gasteiger partial charge in [-0.25, -0.2) is 4.98 Å². The Balaban J connectivity index is 2.24. The number of hydrogen-bond donors (Lipinski definition) is 5. The third-order valence-electron chi connectivity index (χ3n) is 3.18. The van der Waals surface area contributed by atoms with Crippen LogP contribution in [0.3, 0.4) is 0 Å². The molecule has 12 heteroatoms. The van der Waals surface area contributed by atoms with Crippen LogP contribution in [0.2, 0.25) is 0 Å². The van der Waals surface area contributed by atoms with E-state index in [0.717, 1.165) is 4.90 Å². The summed E-state index contributed by atoms with van der Waals surface area (Å²) in [5.74, 6) is -1.72. The van der Waals surface area contributed by atoms with Gasteiger partial charge in [0.05, 0.1) is 12.9 Å². The second-order valence-electron chi connectivity index (χ2n) is 5.12. The molecule has 0 fully saturated rings. The van der Waals surface area contributed by atoms with Gasteiger partial charge in [-0.15, -0.1) is 0 Å². The molecule has 0 aliphatic carbocycles. The van der Waals surface area contributed by atoms with Crippen LogP contribution < -0.4 is 17.2 Å². The van der Waals surface area contributed by atoms with Crippen molar-refractivity contribution in [2.24, 2.45) is 5.73 Å². The SMILES string of the molecule is Nc1nc(N)c2ncn(CC(=O)N(CC(=O)O)CC(N)CO)c2n1. The zero-order chi connectivity index (χ0) is 17.9. The number of nitrogens with two attached hydrogens (primary N) is 3. The molecule has 1 amide bonds. The molecule has 2 aromatic heterocycles. The number of aliphatic carboxylic acids is 1. The van der Waals surface area contributed by atoms with E-state index in [9.17, 15) is 9.59 Å². The summed E-state index contributed by atoms with van der Waals surface area (Å²) in [4.78, 5) is 36.1. The van der Waals surface area contributed by atoms with Gasteiger partial charge in [0.2, 0.25) is 11.9 Å². The van der Waals surface area contributed by atoms with Gasteiger partial charge in [-0.2, -0.15) is 9.97 Å². The van der Waals surface area contributed by atoms with Crippen molar-refractivity contribution in [1.82, 2.24) is 24.4 Å². The molecule has 0 aromatic carbocycles. The Kier molecular flexibility index (Phi) is 5.11. The molecule has 1 atom stereocenters. The number of carboxylic acids is 1. The maximum atomic E-state index is 12.4. The maximum Gasteiger partial charge on any atom is 0.323 e. The minimum absolute atomic E-state index is 0.0705. The number of aliphatic hydroxyl groups excluding tert-OH is 1. The Morgan fingerprint density at radius 3 is 2.67 bits per heavy atom. The van der Waals surface area contributed by atoms with Crippen molar-refractivity contribution in [2.45, 2.75) is 12.6 Å². The molecule has 2 rings (SSSR count). The van der Waals surface area contributed by atoms with E-state index in [1.165, 1.54) is 10.9 Å². The molecule has 130 valence electrons. The number of imidazole rings is 1. The van der Waals surface area contributed by atoms with Gasteiger partial charge in [0, 0.05) is 12.6 Å². The van der Waals surface area contributed by atoms with Gasteiger partial charge in [0.1, 0.15) is 18.6 Å². The highest BCUT2D eigenvalue weighted by atomic mass is 16.4. The minimum atomic E-state index is -1.19. The lowest BCUT2D eigenvalue weighted by Gasteiger charge is -2.23. The van der Waals surface area contributed by atoms with Crippen LogP contribution in [0, 0.1) is 0 Å². The van der Waals surface area contributed by atoms with E-state index in [4.69, 9.17) is 27.4 Å². The lowest BCUT2D eigenvalue weighted by Crippen LogP contribution is -2.46. The molecular formula is C12H18N8O4. The lowest BCUT2D eigenvalue weighted by molar-refractivity contribution is -0.145. The Bertz CT molecular complexity index is 761. The van der Waals surface area contributed by atoms with Gasteiger partial charge in [0.15, 0.2) is 11.5 Å². The molecule has 1 unspecified atom stereocenters. The number of nitrogen functional groups attached to an aromatic ring is 2. The van der Waals surface area contributed by atoms with Crippen molar-refractivity contribution in [3.63, 3.8) is 0 Å². The fraction of sp³-hybridized carbons (Fsp3) is 0.417. The van der Waals surface area contributed by atoms with Gasteiger partial charge in [-0.3, -0.25) is 9.59 Å². The molecule has 0 radical (unpaired) electrons. The van der Waals surface area contributed by atoms with Gasteiger partial charge in [0.25, 0.3) is 0 Å². The van der Waals surface area contributed by atoms with Crippen molar-refractivity contribution in [2.75, 3.05) is 31.2 Å². The third-order valence-corrected chi connectivity index (χ3v) is 3.18. The van der Waals surface area contributed by atoms with Crippen molar-refractivity contribution in [3.05, 3.63) is 6.33 Å². The average molecular weight is 338 g/mol. The first-order chi connectivity index (χ1) is 11.3. The highest BCUT2D eigenvalue weighted by Crippen LogP contribution is 2.17. The van der Waals surface area contributed by atoms with Crippen molar-refractivity contribution >= 4 is 34.8 Å². The highest BCUT2D eigenvalue weighted by molar-refractivity contribution is 5.85. The van der Waals surface area contributed by atoms with Crippen LogP contribution in [0.1, 0.15) is 0 Å². The van der Waals surface area contributed by atoms with E-state index in [2.05, 4.69) is 15.0 Å². The molecule has 0 bridgehead atoms. The number of aliphatic hydroxyl groups is 1. The lowest BCUT2D eigenvalue weighted by atomic mass is 10.3. The second kappa shape index (κ2) is 7.06. The summed E-state index contributed by atoms with van der Waals surface area (Å²) < 4.78 is 1.38. The second-order valence-corrected chi connectivity index (χ2v) is 5.12. The van der Waals surface area contributed by atoms with Crippen LogP contribution in [0.25, 0.3) is 11.2 Å². The summed E-state index contributed by atoms with van der Waals surface area (Å²) >= 11 is 0. The number of carbonyl (C=O) groups is 2. The molecule has 24 heavy (non-hydrogen) atoms. The van der Waals surface area contributed by atoms with Crippen LogP contribution in [-0.2, 0) is 16.1 Å². The van der Waals surface area contributed by atoms with E-state index in [0.29, 0.717) is 0 Å². The van der Waals surface area contributed by atoms with Crippen LogP contribution in [0.4, 0.5) is 11.8 Å². The minimum Gasteiger partial charge on any atom is -0.480 e. The maximum absolute atomic E-state index is 12.4. The summed E-state index contributed by atoms with van der Waals surface area (Å²) in [6.07, 6.45) is 1.33. The molecule has 0 aliphatic rings. The number of carboxylic acid groups (broad SMARTS) is 1. The van der Waals surface area contributed by atoms with Crippen LogP contribution in [-0.4, -0.2) is 72.2 Å². The predicted octanol–water partition coefficient (Wildman–Crippen LogP) is -2.78. The first-order valence-electron chi connectivity index (χ1n) is 6.91.